The molecule has 0 heterocycles. The van der Waals surface area contributed by atoms with Crippen LogP contribution in [0.4, 0.5) is 5.69 Å². The van der Waals surface area contributed by atoms with Gasteiger partial charge in [-0.3, -0.25) is 10.1 Å². The molecule has 0 aliphatic heterocycles. The van der Waals surface area contributed by atoms with Gasteiger partial charge in [0.05, 0.1) is 4.92 Å². The molecule has 3 aromatic rings. The van der Waals surface area contributed by atoms with Gasteiger partial charge in [-0.05, 0) is 21.9 Å². The summed E-state index contributed by atoms with van der Waals surface area (Å²) in [5.74, 6) is 0. The summed E-state index contributed by atoms with van der Waals surface area (Å²) in [6, 6.07) is 19.5. The summed E-state index contributed by atoms with van der Waals surface area (Å²) < 4.78 is 0. The first-order valence-corrected chi connectivity index (χ1v) is 6.57. The van der Waals surface area contributed by atoms with Gasteiger partial charge in [-0.2, -0.15) is 0 Å². The van der Waals surface area contributed by atoms with Crippen molar-refractivity contribution < 1.29 is 10.0 Å². The van der Waals surface area contributed by atoms with Crippen LogP contribution in [0.25, 0.3) is 10.8 Å². The quantitative estimate of drug-likeness (QED) is 0.585. The SMILES string of the molecule is O=[N+]([O-])c1cccc([C@H](O)c2cccc3ccccc23)c1. The minimum atomic E-state index is -0.893. The van der Waals surface area contributed by atoms with Crippen molar-refractivity contribution in [1.29, 1.82) is 0 Å². The minimum Gasteiger partial charge on any atom is -0.384 e. The van der Waals surface area contributed by atoms with E-state index in [2.05, 4.69) is 0 Å². The zero-order valence-electron chi connectivity index (χ0n) is 11.1. The molecule has 0 aliphatic carbocycles. The van der Waals surface area contributed by atoms with E-state index in [1.165, 1.54) is 12.1 Å². The summed E-state index contributed by atoms with van der Waals surface area (Å²) in [5.41, 5.74) is 1.24. The Balaban J connectivity index is 2.10. The lowest BCUT2D eigenvalue weighted by molar-refractivity contribution is -0.385. The molecule has 4 nitrogen and oxygen atoms in total. The maximum Gasteiger partial charge on any atom is 0.269 e. The van der Waals surface area contributed by atoms with Gasteiger partial charge in [-0.15, -0.1) is 0 Å². The normalized spacial score (nSPS) is 12.2. The highest BCUT2D eigenvalue weighted by Gasteiger charge is 2.16. The lowest BCUT2D eigenvalue weighted by atomic mass is 9.96. The Morgan fingerprint density at radius 3 is 2.48 bits per heavy atom. The molecule has 0 aliphatic rings. The molecule has 0 radical (unpaired) electrons. The number of non-ortho nitro benzene ring substituents is 1. The van der Waals surface area contributed by atoms with Crippen molar-refractivity contribution in [2.75, 3.05) is 0 Å². The summed E-state index contributed by atoms with van der Waals surface area (Å²) >= 11 is 0. The molecule has 3 rings (SSSR count). The molecule has 3 aromatic carbocycles. The van der Waals surface area contributed by atoms with Crippen molar-refractivity contribution in [2.24, 2.45) is 0 Å². The van der Waals surface area contributed by atoms with Crippen molar-refractivity contribution in [1.82, 2.24) is 0 Å². The number of nitro groups is 1. The predicted molar refractivity (Wildman–Crippen MR) is 81.1 cm³/mol. The molecule has 0 bridgehead atoms. The summed E-state index contributed by atoms with van der Waals surface area (Å²) in [6.07, 6.45) is -0.893. The number of rotatable bonds is 3. The van der Waals surface area contributed by atoms with Crippen molar-refractivity contribution in [3.63, 3.8) is 0 Å². The van der Waals surface area contributed by atoms with E-state index in [4.69, 9.17) is 0 Å². The fourth-order valence-corrected chi connectivity index (χ4v) is 2.48. The van der Waals surface area contributed by atoms with Crippen molar-refractivity contribution >= 4 is 16.5 Å². The minimum absolute atomic E-state index is 0.0215. The summed E-state index contributed by atoms with van der Waals surface area (Å²) in [5, 5.41) is 23.4. The molecule has 0 fully saturated rings. The molecule has 104 valence electrons. The van der Waals surface area contributed by atoms with Crippen LogP contribution in [-0.4, -0.2) is 10.0 Å². The summed E-state index contributed by atoms with van der Waals surface area (Å²) in [7, 11) is 0. The van der Waals surface area contributed by atoms with Gasteiger partial charge < -0.3 is 5.11 Å². The highest BCUT2D eigenvalue weighted by atomic mass is 16.6. The van der Waals surface area contributed by atoms with Gasteiger partial charge in [-0.1, -0.05) is 54.6 Å². The van der Waals surface area contributed by atoms with E-state index in [-0.39, 0.29) is 5.69 Å². The lowest BCUT2D eigenvalue weighted by Crippen LogP contribution is -2.01. The molecular weight excluding hydrogens is 266 g/mol. The van der Waals surface area contributed by atoms with E-state index in [0.717, 1.165) is 16.3 Å². The topological polar surface area (TPSA) is 63.4 Å². The average Bonchev–Trinajstić information content (AvgIpc) is 2.53. The summed E-state index contributed by atoms with van der Waals surface area (Å²) in [4.78, 5) is 10.4. The number of hydrogen-bond acceptors (Lipinski definition) is 3. The Labute approximate surface area is 121 Å². The number of hydrogen-bond donors (Lipinski definition) is 1. The standard InChI is InChI=1S/C17H13NO3/c19-17(13-7-3-8-14(11-13)18(20)21)16-10-4-6-12-5-1-2-9-15(12)16/h1-11,17,19H/t17-/m0/s1. The molecule has 0 aromatic heterocycles. The number of benzene rings is 3. The molecule has 0 saturated carbocycles. The predicted octanol–water partition coefficient (Wildman–Crippen LogP) is 3.83. The molecular formula is C17H13NO3. The zero-order chi connectivity index (χ0) is 14.8. The number of fused-ring (bicyclic) bond motifs is 1. The van der Waals surface area contributed by atoms with E-state index in [9.17, 15) is 15.2 Å². The van der Waals surface area contributed by atoms with Gasteiger partial charge in [0.2, 0.25) is 0 Å². The fraction of sp³-hybridized carbons (Fsp3) is 0.0588. The molecule has 0 saturated heterocycles. The highest BCUT2D eigenvalue weighted by Crippen LogP contribution is 2.30. The Bertz CT molecular complexity index is 808. The van der Waals surface area contributed by atoms with Crippen molar-refractivity contribution in [3.05, 3.63) is 88.0 Å². The Morgan fingerprint density at radius 2 is 1.67 bits per heavy atom. The second kappa shape index (κ2) is 5.34. The molecule has 1 N–H and O–H groups in total. The second-order valence-corrected chi connectivity index (χ2v) is 4.82. The number of aliphatic hydroxyl groups excluding tert-OH is 1. The van der Waals surface area contributed by atoms with Gasteiger partial charge in [0.15, 0.2) is 0 Å². The van der Waals surface area contributed by atoms with Crippen molar-refractivity contribution in [2.45, 2.75) is 6.10 Å². The van der Waals surface area contributed by atoms with Crippen LogP contribution in [0.5, 0.6) is 0 Å². The third kappa shape index (κ3) is 2.49. The van der Waals surface area contributed by atoms with Crippen LogP contribution < -0.4 is 0 Å². The van der Waals surface area contributed by atoms with E-state index in [1.807, 2.05) is 42.5 Å². The number of nitro benzene ring substituents is 1. The smallest absolute Gasteiger partial charge is 0.269 e. The largest absolute Gasteiger partial charge is 0.384 e. The van der Waals surface area contributed by atoms with Crippen LogP contribution in [0, 0.1) is 10.1 Å². The maximum atomic E-state index is 10.8. The van der Waals surface area contributed by atoms with Crippen LogP contribution in [-0.2, 0) is 0 Å². The van der Waals surface area contributed by atoms with E-state index in [1.54, 1.807) is 12.1 Å². The molecule has 0 unspecified atom stereocenters. The summed E-state index contributed by atoms with van der Waals surface area (Å²) in [6.45, 7) is 0. The molecule has 4 heteroatoms. The van der Waals surface area contributed by atoms with E-state index >= 15 is 0 Å². The van der Waals surface area contributed by atoms with Gasteiger partial charge in [0, 0.05) is 12.1 Å². The third-order valence-corrected chi connectivity index (χ3v) is 3.51. The fourth-order valence-electron chi connectivity index (χ4n) is 2.48. The highest BCUT2D eigenvalue weighted by molar-refractivity contribution is 5.86. The number of aliphatic hydroxyl groups is 1. The number of nitrogens with zero attached hydrogens (tertiary/aromatic N) is 1. The van der Waals surface area contributed by atoms with Crippen LogP contribution >= 0.6 is 0 Å². The second-order valence-electron chi connectivity index (χ2n) is 4.82. The first-order valence-electron chi connectivity index (χ1n) is 6.57. The van der Waals surface area contributed by atoms with Gasteiger partial charge in [-0.25, -0.2) is 0 Å². The molecule has 1 atom stereocenters. The van der Waals surface area contributed by atoms with Crippen LogP contribution in [0.2, 0.25) is 0 Å². The molecule has 0 spiro atoms. The van der Waals surface area contributed by atoms with E-state index < -0.39 is 11.0 Å². The molecule has 21 heavy (non-hydrogen) atoms. The van der Waals surface area contributed by atoms with Gasteiger partial charge >= 0.3 is 0 Å². The van der Waals surface area contributed by atoms with Gasteiger partial charge in [0.25, 0.3) is 5.69 Å². The van der Waals surface area contributed by atoms with E-state index in [0.29, 0.717) is 5.56 Å². The van der Waals surface area contributed by atoms with Crippen LogP contribution in [0.15, 0.2) is 66.7 Å². The van der Waals surface area contributed by atoms with Crippen molar-refractivity contribution in [3.8, 4) is 0 Å². The zero-order valence-corrected chi connectivity index (χ0v) is 11.1. The lowest BCUT2D eigenvalue weighted by Gasteiger charge is -2.14. The average molecular weight is 279 g/mol. The monoisotopic (exact) mass is 279 g/mol. The van der Waals surface area contributed by atoms with Crippen LogP contribution in [0.1, 0.15) is 17.2 Å². The Morgan fingerprint density at radius 1 is 0.952 bits per heavy atom. The first kappa shape index (κ1) is 13.3. The third-order valence-electron chi connectivity index (χ3n) is 3.51. The van der Waals surface area contributed by atoms with Gasteiger partial charge in [0.1, 0.15) is 6.10 Å². The maximum absolute atomic E-state index is 10.8. The Hall–Kier alpha value is -2.72. The molecule has 0 amide bonds. The Kier molecular flexibility index (Phi) is 3.38. The van der Waals surface area contributed by atoms with Crippen LogP contribution in [0.3, 0.4) is 0 Å². The first-order chi connectivity index (χ1) is 10.2.